The van der Waals surface area contributed by atoms with E-state index in [1.54, 1.807) is 0 Å². The first-order valence-corrected chi connectivity index (χ1v) is 6.63. The lowest BCUT2D eigenvalue weighted by atomic mass is 10.1. The van der Waals surface area contributed by atoms with Crippen molar-refractivity contribution in [2.45, 2.75) is 0 Å². The van der Waals surface area contributed by atoms with Crippen molar-refractivity contribution in [3.8, 4) is 0 Å². The van der Waals surface area contributed by atoms with Crippen molar-refractivity contribution in [3.63, 3.8) is 0 Å². The third kappa shape index (κ3) is 4.34. The van der Waals surface area contributed by atoms with Crippen LogP contribution in [0.4, 0.5) is 11.4 Å². The molecule has 0 aliphatic heterocycles. The molecule has 0 saturated heterocycles. The maximum atomic E-state index is 11.9. The molecule has 8 nitrogen and oxygen atoms in total. The van der Waals surface area contributed by atoms with Gasteiger partial charge in [-0.25, -0.2) is 9.59 Å². The van der Waals surface area contributed by atoms with Crippen LogP contribution < -0.4 is 10.6 Å². The number of esters is 2. The van der Waals surface area contributed by atoms with Gasteiger partial charge in [-0.05, 0) is 12.1 Å². The van der Waals surface area contributed by atoms with Crippen LogP contribution in [0.1, 0.15) is 20.7 Å². The molecular weight excluding hydrogens is 292 g/mol. The van der Waals surface area contributed by atoms with E-state index in [-0.39, 0.29) is 37.4 Å². The fourth-order valence-corrected chi connectivity index (χ4v) is 1.83. The average molecular weight is 312 g/mol. The minimum Gasteiger partial charge on any atom is -0.465 e. The molecule has 8 heteroatoms. The predicted octanol–water partition coefficient (Wildman–Crippen LogP) is 0.0682. The smallest absolute Gasteiger partial charge is 0.340 e. The second kappa shape index (κ2) is 8.85. The third-order valence-corrected chi connectivity index (χ3v) is 2.82. The van der Waals surface area contributed by atoms with Gasteiger partial charge in [0.25, 0.3) is 0 Å². The van der Waals surface area contributed by atoms with Gasteiger partial charge in [-0.2, -0.15) is 0 Å². The summed E-state index contributed by atoms with van der Waals surface area (Å²) in [6, 6.07) is 2.88. The fraction of sp³-hybridized carbons (Fsp3) is 0.429. The maximum absolute atomic E-state index is 11.9. The number of rotatable bonds is 8. The molecule has 1 aromatic rings. The normalized spacial score (nSPS) is 10.0. The first-order chi connectivity index (χ1) is 10.6. The van der Waals surface area contributed by atoms with Crippen LogP contribution in [0.5, 0.6) is 0 Å². The van der Waals surface area contributed by atoms with E-state index in [0.717, 1.165) is 0 Å². The van der Waals surface area contributed by atoms with Gasteiger partial charge in [-0.3, -0.25) is 0 Å². The average Bonchev–Trinajstić information content (AvgIpc) is 2.56. The molecule has 0 radical (unpaired) electrons. The molecule has 0 heterocycles. The maximum Gasteiger partial charge on any atom is 0.340 e. The first-order valence-electron chi connectivity index (χ1n) is 6.63. The molecule has 0 aliphatic carbocycles. The summed E-state index contributed by atoms with van der Waals surface area (Å²) >= 11 is 0. The molecule has 122 valence electrons. The highest BCUT2D eigenvalue weighted by atomic mass is 16.5. The highest BCUT2D eigenvalue weighted by molar-refractivity contribution is 6.03. The van der Waals surface area contributed by atoms with E-state index in [0.29, 0.717) is 11.4 Å². The van der Waals surface area contributed by atoms with Gasteiger partial charge < -0.3 is 30.3 Å². The highest BCUT2D eigenvalue weighted by Crippen LogP contribution is 2.27. The number of aliphatic hydroxyl groups excluding tert-OH is 2. The molecule has 0 aliphatic rings. The van der Waals surface area contributed by atoms with E-state index >= 15 is 0 Å². The second-order valence-electron chi connectivity index (χ2n) is 4.23. The highest BCUT2D eigenvalue weighted by Gasteiger charge is 2.20. The Hall–Kier alpha value is -2.32. The zero-order valence-electron chi connectivity index (χ0n) is 12.5. The number of aliphatic hydroxyl groups is 2. The minimum atomic E-state index is -0.594. The number of methoxy groups -OCH3 is 2. The van der Waals surface area contributed by atoms with Crippen LogP contribution in [-0.4, -0.2) is 62.7 Å². The Kier molecular flexibility index (Phi) is 7.14. The van der Waals surface area contributed by atoms with Crippen molar-refractivity contribution in [3.05, 3.63) is 23.3 Å². The van der Waals surface area contributed by atoms with E-state index in [2.05, 4.69) is 10.6 Å². The van der Waals surface area contributed by atoms with Gasteiger partial charge in [-0.15, -0.1) is 0 Å². The summed E-state index contributed by atoms with van der Waals surface area (Å²) < 4.78 is 9.42. The van der Waals surface area contributed by atoms with Crippen LogP contribution in [-0.2, 0) is 9.47 Å². The SMILES string of the molecule is COC(=O)c1cc(NCCO)c(C(=O)OC)cc1NCCO. The molecule has 0 bridgehead atoms. The molecule has 0 fully saturated rings. The second-order valence-corrected chi connectivity index (χ2v) is 4.23. The van der Waals surface area contributed by atoms with E-state index in [1.807, 2.05) is 0 Å². The van der Waals surface area contributed by atoms with E-state index in [1.165, 1.54) is 26.4 Å². The molecule has 0 aromatic heterocycles. The Morgan fingerprint density at radius 1 is 0.909 bits per heavy atom. The number of benzene rings is 1. The van der Waals surface area contributed by atoms with Gasteiger partial charge in [0.2, 0.25) is 0 Å². The van der Waals surface area contributed by atoms with Gasteiger partial charge in [0.1, 0.15) is 0 Å². The van der Waals surface area contributed by atoms with Crippen LogP contribution in [0.15, 0.2) is 12.1 Å². The molecule has 0 saturated carbocycles. The molecule has 0 spiro atoms. The number of hydrogen-bond acceptors (Lipinski definition) is 8. The topological polar surface area (TPSA) is 117 Å². The summed E-state index contributed by atoms with van der Waals surface area (Å²) in [5, 5.41) is 23.5. The Labute approximate surface area is 128 Å². The molecule has 0 amide bonds. The summed E-state index contributed by atoms with van der Waals surface area (Å²) in [4.78, 5) is 23.7. The van der Waals surface area contributed by atoms with E-state index in [9.17, 15) is 9.59 Å². The van der Waals surface area contributed by atoms with Crippen molar-refractivity contribution >= 4 is 23.3 Å². The van der Waals surface area contributed by atoms with Crippen molar-refractivity contribution in [2.75, 3.05) is 51.2 Å². The zero-order chi connectivity index (χ0) is 16.5. The molecule has 4 N–H and O–H groups in total. The summed E-state index contributed by atoms with van der Waals surface area (Å²) in [5.41, 5.74) is 1.08. The lowest BCUT2D eigenvalue weighted by Crippen LogP contribution is -2.16. The van der Waals surface area contributed by atoms with Gasteiger partial charge in [-0.1, -0.05) is 0 Å². The number of anilines is 2. The van der Waals surface area contributed by atoms with Crippen LogP contribution in [0.2, 0.25) is 0 Å². The van der Waals surface area contributed by atoms with E-state index < -0.39 is 11.9 Å². The first kappa shape index (κ1) is 17.7. The third-order valence-electron chi connectivity index (χ3n) is 2.82. The molecule has 1 aromatic carbocycles. The lowest BCUT2D eigenvalue weighted by Gasteiger charge is -2.16. The van der Waals surface area contributed by atoms with E-state index in [4.69, 9.17) is 19.7 Å². The number of carbonyl (C=O) groups is 2. The summed E-state index contributed by atoms with van der Waals surface area (Å²) in [6.07, 6.45) is 0. The summed E-state index contributed by atoms with van der Waals surface area (Å²) in [5.74, 6) is -1.19. The van der Waals surface area contributed by atoms with Crippen LogP contribution in [0, 0.1) is 0 Å². The predicted molar refractivity (Wildman–Crippen MR) is 80.3 cm³/mol. The molecule has 0 unspecified atom stereocenters. The van der Waals surface area contributed by atoms with Gasteiger partial charge in [0, 0.05) is 24.5 Å². The standard InChI is InChI=1S/C14H20N2O6/c1-21-13(19)9-7-12(16-4-6-18)10(14(20)22-2)8-11(9)15-3-5-17/h7-8,15-18H,3-6H2,1-2H3. The number of ether oxygens (including phenoxy) is 2. The number of nitrogens with one attached hydrogen (secondary N) is 2. The quantitative estimate of drug-likeness (QED) is 0.498. The minimum absolute atomic E-state index is 0.140. The van der Waals surface area contributed by atoms with Gasteiger partial charge >= 0.3 is 11.9 Å². The Bertz CT molecular complexity index is 485. The van der Waals surface area contributed by atoms with Crippen LogP contribution in [0.3, 0.4) is 0 Å². The fourth-order valence-electron chi connectivity index (χ4n) is 1.83. The summed E-state index contributed by atoms with van der Waals surface area (Å²) in [7, 11) is 2.49. The lowest BCUT2D eigenvalue weighted by molar-refractivity contribution is 0.0588. The van der Waals surface area contributed by atoms with Gasteiger partial charge in [0.05, 0.1) is 38.6 Å². The molecular formula is C14H20N2O6. The number of carbonyl (C=O) groups excluding carboxylic acids is 2. The Balaban J connectivity index is 3.34. The van der Waals surface area contributed by atoms with Crippen molar-refractivity contribution in [2.24, 2.45) is 0 Å². The molecule has 22 heavy (non-hydrogen) atoms. The zero-order valence-corrected chi connectivity index (χ0v) is 12.5. The largest absolute Gasteiger partial charge is 0.465 e. The van der Waals surface area contributed by atoms with Crippen molar-refractivity contribution in [1.82, 2.24) is 0 Å². The van der Waals surface area contributed by atoms with Crippen LogP contribution >= 0.6 is 0 Å². The molecule has 1 rings (SSSR count). The molecule has 0 atom stereocenters. The number of hydrogen-bond donors (Lipinski definition) is 4. The Morgan fingerprint density at radius 3 is 1.55 bits per heavy atom. The Morgan fingerprint density at radius 2 is 1.27 bits per heavy atom. The van der Waals surface area contributed by atoms with Crippen LogP contribution in [0.25, 0.3) is 0 Å². The van der Waals surface area contributed by atoms with Gasteiger partial charge in [0.15, 0.2) is 0 Å². The monoisotopic (exact) mass is 312 g/mol. The van der Waals surface area contributed by atoms with Crippen molar-refractivity contribution in [1.29, 1.82) is 0 Å². The van der Waals surface area contributed by atoms with Crippen molar-refractivity contribution < 1.29 is 29.3 Å². The summed E-state index contributed by atoms with van der Waals surface area (Å²) in [6.45, 7) is 0.124.